The van der Waals surface area contributed by atoms with E-state index in [4.69, 9.17) is 4.42 Å². The molecule has 2 aromatic heterocycles. The number of nitrogens with one attached hydrogen (secondary N) is 1. The van der Waals surface area contributed by atoms with Crippen molar-refractivity contribution < 1.29 is 9.21 Å². The molecule has 0 saturated carbocycles. The molecule has 1 aromatic carbocycles. The van der Waals surface area contributed by atoms with E-state index in [1.54, 1.807) is 25.3 Å². The fourth-order valence-electron chi connectivity index (χ4n) is 2.94. The minimum absolute atomic E-state index is 0.291. The first-order valence-corrected chi connectivity index (χ1v) is 7.73. The molecule has 6 heteroatoms. The first-order valence-electron chi connectivity index (χ1n) is 7.73. The Bertz CT molecular complexity index is 962. The summed E-state index contributed by atoms with van der Waals surface area (Å²) in [6, 6.07) is 6.61. The predicted octanol–water partition coefficient (Wildman–Crippen LogP) is 3.11. The van der Waals surface area contributed by atoms with Gasteiger partial charge in [0.1, 0.15) is 6.04 Å². The molecule has 0 saturated heterocycles. The second kappa shape index (κ2) is 5.96. The molecular formula is C18H19N3O3. The zero-order valence-corrected chi connectivity index (χ0v) is 14.1. The Morgan fingerprint density at radius 3 is 2.58 bits per heavy atom. The van der Waals surface area contributed by atoms with Crippen molar-refractivity contribution in [2.75, 3.05) is 5.32 Å². The van der Waals surface area contributed by atoms with Crippen LogP contribution in [0.2, 0.25) is 0 Å². The second-order valence-electron chi connectivity index (χ2n) is 6.00. The Morgan fingerprint density at radius 1 is 1.25 bits per heavy atom. The van der Waals surface area contributed by atoms with Gasteiger partial charge in [-0.25, -0.2) is 14.3 Å². The molecule has 0 fully saturated rings. The van der Waals surface area contributed by atoms with Gasteiger partial charge in [-0.05, 0) is 51.0 Å². The summed E-state index contributed by atoms with van der Waals surface area (Å²) < 4.78 is 6.42. The van der Waals surface area contributed by atoms with Crippen LogP contribution in [0.15, 0.2) is 39.7 Å². The Kier molecular flexibility index (Phi) is 3.97. The monoisotopic (exact) mass is 325 g/mol. The van der Waals surface area contributed by atoms with E-state index >= 15 is 0 Å². The second-order valence-corrected chi connectivity index (χ2v) is 6.00. The van der Waals surface area contributed by atoms with Crippen LogP contribution >= 0.6 is 0 Å². The van der Waals surface area contributed by atoms with Gasteiger partial charge in [0.15, 0.2) is 11.2 Å². The van der Waals surface area contributed by atoms with Crippen LogP contribution in [-0.4, -0.2) is 15.5 Å². The number of carbonyl (C=O) groups excluding carboxylic acids is 1. The van der Waals surface area contributed by atoms with Crippen LogP contribution in [0.4, 0.5) is 5.69 Å². The lowest BCUT2D eigenvalue weighted by atomic mass is 10.0. The van der Waals surface area contributed by atoms with Crippen LogP contribution in [0.5, 0.6) is 0 Å². The zero-order valence-electron chi connectivity index (χ0n) is 14.1. The molecule has 6 nitrogen and oxygen atoms in total. The maximum absolute atomic E-state index is 12.7. The number of aromatic nitrogens is 2. The van der Waals surface area contributed by atoms with E-state index in [2.05, 4.69) is 10.3 Å². The highest BCUT2D eigenvalue weighted by atomic mass is 16.4. The number of rotatable bonds is 3. The Labute approximate surface area is 139 Å². The van der Waals surface area contributed by atoms with Crippen molar-refractivity contribution in [3.05, 3.63) is 57.7 Å². The van der Waals surface area contributed by atoms with E-state index in [1.165, 1.54) is 4.57 Å². The summed E-state index contributed by atoms with van der Waals surface area (Å²) in [5.74, 6) is -0.885. The lowest BCUT2D eigenvalue weighted by molar-refractivity contribution is -0.118. The number of benzene rings is 1. The third-order valence-corrected chi connectivity index (χ3v) is 4.06. The highest BCUT2D eigenvalue weighted by Gasteiger charge is 2.23. The molecule has 1 amide bonds. The molecule has 0 aliphatic carbocycles. The van der Waals surface area contributed by atoms with E-state index in [1.807, 2.05) is 32.9 Å². The molecule has 1 N–H and O–H groups in total. The molecule has 0 bridgehead atoms. The van der Waals surface area contributed by atoms with E-state index in [0.29, 0.717) is 11.2 Å². The van der Waals surface area contributed by atoms with Gasteiger partial charge in [-0.1, -0.05) is 17.7 Å². The van der Waals surface area contributed by atoms with E-state index in [-0.39, 0.29) is 5.91 Å². The van der Waals surface area contributed by atoms with Crippen molar-refractivity contribution in [2.45, 2.75) is 33.7 Å². The summed E-state index contributed by atoms with van der Waals surface area (Å²) in [6.45, 7) is 7.55. The molecule has 24 heavy (non-hydrogen) atoms. The van der Waals surface area contributed by atoms with E-state index < -0.39 is 11.8 Å². The molecule has 3 aromatic rings. The number of fused-ring (bicyclic) bond motifs is 1. The minimum Gasteiger partial charge on any atom is -0.406 e. The van der Waals surface area contributed by atoms with Crippen molar-refractivity contribution in [3.63, 3.8) is 0 Å². The zero-order chi connectivity index (χ0) is 17.4. The van der Waals surface area contributed by atoms with Gasteiger partial charge in [0.05, 0.1) is 0 Å². The van der Waals surface area contributed by atoms with Crippen LogP contribution in [-0.2, 0) is 4.79 Å². The van der Waals surface area contributed by atoms with Crippen molar-refractivity contribution in [1.82, 2.24) is 9.55 Å². The lowest BCUT2D eigenvalue weighted by Gasteiger charge is -2.16. The Hall–Kier alpha value is -2.89. The molecule has 1 atom stereocenters. The number of hydrogen-bond donors (Lipinski definition) is 1. The number of carbonyl (C=O) groups is 1. The quantitative estimate of drug-likeness (QED) is 0.802. The standard InChI is InChI=1S/C18H19N3O3/c1-10-8-11(2)15(12(3)9-10)20-17(22)13(4)21-16-14(24-18(21)23)6-5-7-19-16/h5-9,13H,1-4H3,(H,20,22). The fraction of sp³-hybridized carbons (Fsp3) is 0.278. The summed E-state index contributed by atoms with van der Waals surface area (Å²) in [4.78, 5) is 28.9. The summed E-state index contributed by atoms with van der Waals surface area (Å²) in [5.41, 5.74) is 4.60. The maximum atomic E-state index is 12.7. The van der Waals surface area contributed by atoms with E-state index in [0.717, 1.165) is 22.4 Å². The summed E-state index contributed by atoms with van der Waals surface area (Å²) in [5, 5.41) is 2.92. The largest absolute Gasteiger partial charge is 0.421 e. The number of anilines is 1. The van der Waals surface area contributed by atoms with Crippen LogP contribution in [0, 0.1) is 20.8 Å². The van der Waals surface area contributed by atoms with E-state index in [9.17, 15) is 9.59 Å². The Balaban J connectivity index is 1.96. The van der Waals surface area contributed by atoms with Gasteiger partial charge in [-0.3, -0.25) is 4.79 Å². The number of amides is 1. The van der Waals surface area contributed by atoms with Crippen LogP contribution in [0.1, 0.15) is 29.7 Å². The third-order valence-electron chi connectivity index (χ3n) is 4.06. The van der Waals surface area contributed by atoms with Gasteiger partial charge in [-0.15, -0.1) is 0 Å². The van der Waals surface area contributed by atoms with Gasteiger partial charge in [0.25, 0.3) is 0 Å². The first kappa shape index (κ1) is 16.0. The third kappa shape index (κ3) is 2.71. The lowest BCUT2D eigenvalue weighted by Crippen LogP contribution is -2.30. The van der Waals surface area contributed by atoms with Crippen LogP contribution < -0.4 is 11.1 Å². The van der Waals surface area contributed by atoms with Gasteiger partial charge in [0, 0.05) is 11.9 Å². The molecule has 124 valence electrons. The molecule has 0 aliphatic rings. The van der Waals surface area contributed by atoms with Gasteiger partial charge < -0.3 is 9.73 Å². The molecule has 3 rings (SSSR count). The molecule has 0 aliphatic heterocycles. The Morgan fingerprint density at radius 2 is 1.92 bits per heavy atom. The fourth-order valence-corrected chi connectivity index (χ4v) is 2.94. The van der Waals surface area contributed by atoms with Crippen LogP contribution in [0.3, 0.4) is 0 Å². The number of aryl methyl sites for hydroxylation is 3. The molecule has 1 unspecified atom stereocenters. The SMILES string of the molecule is Cc1cc(C)c(NC(=O)C(C)n2c(=O)oc3cccnc32)c(C)c1. The molecule has 2 heterocycles. The number of hydrogen-bond acceptors (Lipinski definition) is 4. The van der Waals surface area contributed by atoms with Crippen molar-refractivity contribution in [2.24, 2.45) is 0 Å². The van der Waals surface area contributed by atoms with Crippen molar-refractivity contribution in [3.8, 4) is 0 Å². The van der Waals surface area contributed by atoms with Crippen molar-refractivity contribution in [1.29, 1.82) is 0 Å². The summed E-state index contributed by atoms with van der Waals surface area (Å²) >= 11 is 0. The van der Waals surface area contributed by atoms with Gasteiger partial charge in [-0.2, -0.15) is 0 Å². The topological polar surface area (TPSA) is 77.1 Å². The minimum atomic E-state index is -0.742. The molecule has 0 spiro atoms. The predicted molar refractivity (Wildman–Crippen MR) is 92.3 cm³/mol. The summed E-state index contributed by atoms with van der Waals surface area (Å²) in [7, 11) is 0. The molecular weight excluding hydrogens is 306 g/mol. The van der Waals surface area contributed by atoms with Gasteiger partial charge >= 0.3 is 5.76 Å². The smallest absolute Gasteiger partial charge is 0.406 e. The average molecular weight is 325 g/mol. The first-order chi connectivity index (χ1) is 11.4. The van der Waals surface area contributed by atoms with Gasteiger partial charge in [0.2, 0.25) is 5.91 Å². The highest BCUT2D eigenvalue weighted by molar-refractivity contribution is 5.95. The maximum Gasteiger partial charge on any atom is 0.421 e. The average Bonchev–Trinajstić information content (AvgIpc) is 2.85. The normalized spacial score (nSPS) is 12.3. The van der Waals surface area contributed by atoms with Crippen molar-refractivity contribution >= 4 is 22.8 Å². The molecule has 0 radical (unpaired) electrons. The number of oxazole rings is 1. The van der Waals surface area contributed by atoms with Crippen LogP contribution in [0.25, 0.3) is 11.2 Å². The highest BCUT2D eigenvalue weighted by Crippen LogP contribution is 2.23. The number of nitrogens with zero attached hydrogens (tertiary/aromatic N) is 2. The summed E-state index contributed by atoms with van der Waals surface area (Å²) in [6.07, 6.45) is 1.56. The number of pyridine rings is 1.